The molecule has 0 bridgehead atoms. The topological polar surface area (TPSA) is 72.0 Å². The lowest BCUT2D eigenvalue weighted by Gasteiger charge is -2.07. The van der Waals surface area contributed by atoms with Gasteiger partial charge in [0.05, 0.1) is 0 Å². The van der Waals surface area contributed by atoms with Crippen molar-refractivity contribution in [1.82, 2.24) is 15.3 Å². The number of rotatable bonds is 2. The molecule has 15 heavy (non-hydrogen) atoms. The van der Waals surface area contributed by atoms with Crippen molar-refractivity contribution in [3.05, 3.63) is 18.0 Å². The van der Waals surface area contributed by atoms with Gasteiger partial charge in [-0.3, -0.25) is 0 Å². The molecule has 1 unspecified atom stereocenters. The van der Waals surface area contributed by atoms with E-state index in [9.17, 15) is 8.42 Å². The van der Waals surface area contributed by atoms with Crippen LogP contribution in [0.3, 0.4) is 0 Å². The highest BCUT2D eigenvalue weighted by Crippen LogP contribution is 2.20. The number of sulfone groups is 1. The Morgan fingerprint density at radius 3 is 2.93 bits per heavy atom. The first-order valence-electron chi connectivity index (χ1n) is 4.81. The second-order valence-corrected chi connectivity index (χ2v) is 5.64. The van der Waals surface area contributed by atoms with Crippen LogP contribution in [0.1, 0.15) is 18.0 Å². The van der Waals surface area contributed by atoms with Crippen molar-refractivity contribution in [3.8, 4) is 0 Å². The van der Waals surface area contributed by atoms with Crippen molar-refractivity contribution in [2.75, 3.05) is 19.3 Å². The Morgan fingerprint density at radius 1 is 1.53 bits per heavy atom. The van der Waals surface area contributed by atoms with Crippen LogP contribution in [0, 0.1) is 0 Å². The highest BCUT2D eigenvalue weighted by molar-refractivity contribution is 7.90. The molecule has 82 valence electrons. The summed E-state index contributed by atoms with van der Waals surface area (Å²) in [6.45, 7) is 1.82. The lowest BCUT2D eigenvalue weighted by Crippen LogP contribution is -2.11. The summed E-state index contributed by atoms with van der Waals surface area (Å²) in [6, 6.07) is 1.78. The molecule has 2 heterocycles. The minimum absolute atomic E-state index is 0.0769. The number of hydrogen-bond acceptors (Lipinski definition) is 5. The molecule has 0 aliphatic carbocycles. The highest BCUT2D eigenvalue weighted by atomic mass is 32.2. The molecule has 1 atom stereocenters. The summed E-state index contributed by atoms with van der Waals surface area (Å²) in [5.41, 5.74) is 0.815. The van der Waals surface area contributed by atoms with E-state index in [-0.39, 0.29) is 5.16 Å². The summed E-state index contributed by atoms with van der Waals surface area (Å²) in [5.74, 6) is 0.313. The van der Waals surface area contributed by atoms with E-state index in [0.29, 0.717) is 5.92 Å². The smallest absolute Gasteiger partial charge is 0.246 e. The molecule has 1 fully saturated rings. The maximum Gasteiger partial charge on any atom is 0.246 e. The second-order valence-electron chi connectivity index (χ2n) is 3.73. The van der Waals surface area contributed by atoms with Gasteiger partial charge in [-0.05, 0) is 19.0 Å². The van der Waals surface area contributed by atoms with Crippen LogP contribution < -0.4 is 5.32 Å². The fraction of sp³-hybridized carbons (Fsp3) is 0.556. The van der Waals surface area contributed by atoms with Gasteiger partial charge < -0.3 is 5.32 Å². The fourth-order valence-corrected chi connectivity index (χ4v) is 2.19. The van der Waals surface area contributed by atoms with Gasteiger partial charge in [0, 0.05) is 30.6 Å². The van der Waals surface area contributed by atoms with E-state index < -0.39 is 9.84 Å². The van der Waals surface area contributed by atoms with Crippen LogP contribution in [0.15, 0.2) is 17.4 Å². The zero-order valence-electron chi connectivity index (χ0n) is 8.47. The van der Waals surface area contributed by atoms with E-state index >= 15 is 0 Å². The summed E-state index contributed by atoms with van der Waals surface area (Å²) in [7, 11) is -3.30. The van der Waals surface area contributed by atoms with Crippen molar-refractivity contribution in [2.24, 2.45) is 0 Å². The molecule has 1 N–H and O–H groups in total. The molecule has 0 radical (unpaired) electrons. The lowest BCUT2D eigenvalue weighted by atomic mass is 10.1. The van der Waals surface area contributed by atoms with E-state index in [4.69, 9.17) is 0 Å². The molecule has 2 rings (SSSR count). The number of aromatic nitrogens is 2. The molecule has 0 amide bonds. The van der Waals surface area contributed by atoms with Crippen molar-refractivity contribution >= 4 is 9.84 Å². The van der Waals surface area contributed by atoms with E-state index in [2.05, 4.69) is 15.3 Å². The molecule has 5 nitrogen and oxygen atoms in total. The predicted octanol–water partition coefficient (Wildman–Crippen LogP) is -0.0430. The van der Waals surface area contributed by atoms with Crippen LogP contribution in [0.25, 0.3) is 0 Å². The third kappa shape index (κ3) is 2.32. The summed E-state index contributed by atoms with van der Waals surface area (Å²) in [6.07, 6.45) is 3.64. The summed E-state index contributed by atoms with van der Waals surface area (Å²) >= 11 is 0. The molecule has 1 aliphatic rings. The second kappa shape index (κ2) is 3.86. The van der Waals surface area contributed by atoms with E-state index in [1.807, 2.05) is 0 Å². The Kier molecular flexibility index (Phi) is 2.70. The van der Waals surface area contributed by atoms with Gasteiger partial charge in [0.25, 0.3) is 0 Å². The first-order chi connectivity index (χ1) is 7.07. The molecule has 0 saturated carbocycles. The van der Waals surface area contributed by atoms with E-state index in [1.54, 1.807) is 6.07 Å². The maximum absolute atomic E-state index is 11.3. The molecule has 1 aromatic rings. The standard InChI is InChI=1S/C9H13N3O2S/c1-15(13,14)9-11-5-3-8(12-9)7-2-4-10-6-7/h3,5,7,10H,2,4,6H2,1H3. The van der Waals surface area contributed by atoms with Crippen LogP contribution in [0.5, 0.6) is 0 Å². The minimum atomic E-state index is -3.30. The molecule has 1 aromatic heterocycles. The van der Waals surface area contributed by atoms with Gasteiger partial charge in [-0.25, -0.2) is 18.4 Å². The summed E-state index contributed by atoms with van der Waals surface area (Å²) < 4.78 is 22.5. The molecule has 0 spiro atoms. The number of nitrogens with zero attached hydrogens (tertiary/aromatic N) is 2. The molecular formula is C9H13N3O2S. The molecular weight excluding hydrogens is 214 g/mol. The van der Waals surface area contributed by atoms with E-state index in [0.717, 1.165) is 31.5 Å². The van der Waals surface area contributed by atoms with Crippen molar-refractivity contribution in [3.63, 3.8) is 0 Å². The quantitative estimate of drug-likeness (QED) is 0.718. The maximum atomic E-state index is 11.3. The van der Waals surface area contributed by atoms with Gasteiger partial charge in [-0.15, -0.1) is 0 Å². The number of hydrogen-bond donors (Lipinski definition) is 1. The van der Waals surface area contributed by atoms with E-state index in [1.165, 1.54) is 6.20 Å². The third-order valence-corrected chi connectivity index (χ3v) is 3.33. The summed E-state index contributed by atoms with van der Waals surface area (Å²) in [5, 5.41) is 3.14. The minimum Gasteiger partial charge on any atom is -0.316 e. The Bertz CT molecular complexity index is 452. The molecule has 0 aromatic carbocycles. The van der Waals surface area contributed by atoms with Crippen LogP contribution >= 0.6 is 0 Å². The fourth-order valence-electron chi connectivity index (χ4n) is 1.67. The first kappa shape index (κ1) is 10.5. The Hall–Kier alpha value is -1.01. The van der Waals surface area contributed by atoms with Gasteiger partial charge in [0.2, 0.25) is 15.0 Å². The van der Waals surface area contributed by atoms with Crippen LogP contribution in [0.2, 0.25) is 0 Å². The molecule has 1 aliphatic heterocycles. The largest absolute Gasteiger partial charge is 0.316 e. The first-order valence-corrected chi connectivity index (χ1v) is 6.70. The molecule has 6 heteroatoms. The Morgan fingerprint density at radius 2 is 2.33 bits per heavy atom. The van der Waals surface area contributed by atoms with Crippen LogP contribution in [-0.2, 0) is 9.84 Å². The molecule has 1 saturated heterocycles. The van der Waals surface area contributed by atoms with Gasteiger partial charge >= 0.3 is 0 Å². The monoisotopic (exact) mass is 227 g/mol. The van der Waals surface area contributed by atoms with Gasteiger partial charge in [0.15, 0.2) is 0 Å². The Balaban J connectivity index is 2.34. The normalized spacial score (nSPS) is 21.8. The van der Waals surface area contributed by atoms with Crippen LogP contribution in [-0.4, -0.2) is 37.7 Å². The average Bonchev–Trinajstić information content (AvgIpc) is 2.69. The lowest BCUT2D eigenvalue weighted by molar-refractivity contribution is 0.589. The summed E-state index contributed by atoms with van der Waals surface area (Å²) in [4.78, 5) is 7.85. The zero-order chi connectivity index (χ0) is 10.9. The Labute approximate surface area is 88.9 Å². The highest BCUT2D eigenvalue weighted by Gasteiger charge is 2.20. The van der Waals surface area contributed by atoms with Gasteiger partial charge in [0.1, 0.15) is 0 Å². The number of nitrogens with one attached hydrogen (secondary N) is 1. The van der Waals surface area contributed by atoms with Crippen molar-refractivity contribution in [2.45, 2.75) is 17.5 Å². The van der Waals surface area contributed by atoms with Gasteiger partial charge in [-0.2, -0.15) is 0 Å². The average molecular weight is 227 g/mol. The SMILES string of the molecule is CS(=O)(=O)c1nccc(C2CCNC2)n1. The van der Waals surface area contributed by atoms with Crippen molar-refractivity contribution in [1.29, 1.82) is 0 Å². The van der Waals surface area contributed by atoms with Crippen molar-refractivity contribution < 1.29 is 8.42 Å². The third-order valence-electron chi connectivity index (χ3n) is 2.47. The van der Waals surface area contributed by atoms with Gasteiger partial charge in [-0.1, -0.05) is 0 Å². The zero-order valence-corrected chi connectivity index (χ0v) is 9.29. The van der Waals surface area contributed by atoms with Crippen LogP contribution in [0.4, 0.5) is 0 Å². The predicted molar refractivity (Wildman–Crippen MR) is 55.4 cm³/mol.